The molecule has 0 radical (unpaired) electrons. The third-order valence-corrected chi connectivity index (χ3v) is 3.32. The molecule has 2 rings (SSSR count). The molecule has 0 aromatic heterocycles. The van der Waals surface area contributed by atoms with E-state index in [-0.39, 0.29) is 11.8 Å². The van der Waals surface area contributed by atoms with E-state index in [0.29, 0.717) is 19.8 Å². The summed E-state index contributed by atoms with van der Waals surface area (Å²) in [4.78, 5) is 11.1. The van der Waals surface area contributed by atoms with Crippen LogP contribution in [0.5, 0.6) is 0 Å². The number of hydrogen-bond donors (Lipinski definition) is 0. The highest BCUT2D eigenvalue weighted by Gasteiger charge is 2.38. The predicted octanol–water partition coefficient (Wildman–Crippen LogP) is 2.35. The maximum atomic E-state index is 11.1. The summed E-state index contributed by atoms with van der Waals surface area (Å²) in [5.41, 5.74) is 1.33. The minimum atomic E-state index is -0.317. The fourth-order valence-corrected chi connectivity index (χ4v) is 2.36. The van der Waals surface area contributed by atoms with Gasteiger partial charge in [-0.1, -0.05) is 17.7 Å². The van der Waals surface area contributed by atoms with Crippen molar-refractivity contribution in [1.29, 1.82) is 0 Å². The van der Waals surface area contributed by atoms with Crippen molar-refractivity contribution in [1.82, 2.24) is 0 Å². The number of ether oxygens (including phenoxy) is 3. The van der Waals surface area contributed by atoms with Crippen LogP contribution in [0, 0.1) is 0 Å². The van der Waals surface area contributed by atoms with Crippen LogP contribution >= 0.6 is 0 Å². The molecule has 1 aliphatic heterocycles. The average Bonchev–Trinajstić information content (AvgIpc) is 2.81. The van der Waals surface area contributed by atoms with E-state index in [4.69, 9.17) is 14.2 Å². The van der Waals surface area contributed by atoms with Gasteiger partial charge in [-0.2, -0.15) is 0 Å². The molecule has 1 aliphatic carbocycles. The molecule has 0 aromatic carbocycles. The molecule has 0 amide bonds. The van der Waals surface area contributed by atoms with E-state index < -0.39 is 0 Å². The molecular formula is C14H20O4. The number of esters is 1. The first-order chi connectivity index (χ1) is 8.74. The summed E-state index contributed by atoms with van der Waals surface area (Å²) in [5.74, 6) is -0.605. The zero-order valence-corrected chi connectivity index (χ0v) is 10.8. The van der Waals surface area contributed by atoms with Crippen LogP contribution in [0.2, 0.25) is 0 Å². The second-order valence-electron chi connectivity index (χ2n) is 4.54. The Labute approximate surface area is 108 Å². The summed E-state index contributed by atoms with van der Waals surface area (Å²) in [7, 11) is 0. The van der Waals surface area contributed by atoms with Crippen LogP contribution in [-0.4, -0.2) is 31.6 Å². The van der Waals surface area contributed by atoms with Crippen LogP contribution in [-0.2, 0) is 19.0 Å². The van der Waals surface area contributed by atoms with E-state index in [1.807, 2.05) is 6.08 Å². The molecule has 18 heavy (non-hydrogen) atoms. The second-order valence-corrected chi connectivity index (χ2v) is 4.54. The van der Waals surface area contributed by atoms with Gasteiger partial charge in [-0.25, -0.2) is 4.79 Å². The molecule has 0 aromatic rings. The van der Waals surface area contributed by atoms with Crippen LogP contribution in [0.15, 0.2) is 23.8 Å². The lowest BCUT2D eigenvalue weighted by atomic mass is 9.89. The average molecular weight is 252 g/mol. The molecule has 100 valence electrons. The van der Waals surface area contributed by atoms with Gasteiger partial charge in [-0.15, -0.1) is 0 Å². The molecule has 0 unspecified atom stereocenters. The Morgan fingerprint density at radius 1 is 1.33 bits per heavy atom. The third-order valence-electron chi connectivity index (χ3n) is 3.32. The van der Waals surface area contributed by atoms with E-state index in [1.54, 1.807) is 13.0 Å². The summed E-state index contributed by atoms with van der Waals surface area (Å²) in [5, 5.41) is 0. The molecule has 1 heterocycles. The lowest BCUT2D eigenvalue weighted by molar-refractivity contribution is -0.171. The maximum absolute atomic E-state index is 11.1. The van der Waals surface area contributed by atoms with E-state index in [0.717, 1.165) is 25.7 Å². The van der Waals surface area contributed by atoms with Gasteiger partial charge < -0.3 is 14.2 Å². The third kappa shape index (κ3) is 3.43. The molecule has 0 N–H and O–H groups in total. The van der Waals surface area contributed by atoms with Gasteiger partial charge in [0.1, 0.15) is 0 Å². The van der Waals surface area contributed by atoms with Crippen molar-refractivity contribution in [2.24, 2.45) is 0 Å². The Morgan fingerprint density at radius 2 is 2.00 bits per heavy atom. The molecule has 1 spiro atoms. The molecule has 0 atom stereocenters. The summed E-state index contributed by atoms with van der Waals surface area (Å²) < 4.78 is 16.1. The minimum Gasteiger partial charge on any atom is -0.463 e. The van der Waals surface area contributed by atoms with Gasteiger partial charge >= 0.3 is 5.97 Å². The number of allylic oxidation sites excluding steroid dienone is 3. The number of carbonyl (C=O) groups is 1. The van der Waals surface area contributed by atoms with Gasteiger partial charge in [0.25, 0.3) is 0 Å². The molecule has 2 aliphatic rings. The second kappa shape index (κ2) is 6.16. The first-order valence-corrected chi connectivity index (χ1v) is 6.55. The molecule has 1 saturated carbocycles. The fraction of sp³-hybridized carbons (Fsp3) is 0.643. The Bertz CT molecular complexity index is 339. The largest absolute Gasteiger partial charge is 0.463 e. The van der Waals surface area contributed by atoms with Gasteiger partial charge in [0.2, 0.25) is 0 Å². The lowest BCUT2D eigenvalue weighted by Gasteiger charge is -2.32. The summed E-state index contributed by atoms with van der Waals surface area (Å²) in [6.07, 6.45) is 8.97. The Balaban J connectivity index is 1.80. The van der Waals surface area contributed by atoms with Crippen LogP contribution in [0.3, 0.4) is 0 Å². The summed E-state index contributed by atoms with van der Waals surface area (Å²) >= 11 is 0. The zero-order chi connectivity index (χ0) is 12.8. The van der Waals surface area contributed by atoms with Crippen molar-refractivity contribution in [3.05, 3.63) is 23.8 Å². The molecule has 0 bridgehead atoms. The smallest absolute Gasteiger partial charge is 0.330 e. The van der Waals surface area contributed by atoms with Crippen molar-refractivity contribution in [2.75, 3.05) is 19.8 Å². The quantitative estimate of drug-likeness (QED) is 0.571. The Kier molecular flexibility index (Phi) is 4.55. The molecule has 2 fully saturated rings. The van der Waals surface area contributed by atoms with Crippen LogP contribution < -0.4 is 0 Å². The summed E-state index contributed by atoms with van der Waals surface area (Å²) in [6, 6.07) is 0. The van der Waals surface area contributed by atoms with Crippen molar-refractivity contribution >= 4 is 5.97 Å². The lowest BCUT2D eigenvalue weighted by Crippen LogP contribution is -2.33. The van der Waals surface area contributed by atoms with Crippen molar-refractivity contribution < 1.29 is 19.0 Å². The van der Waals surface area contributed by atoms with Crippen LogP contribution in [0.1, 0.15) is 32.6 Å². The first-order valence-electron chi connectivity index (χ1n) is 6.55. The maximum Gasteiger partial charge on any atom is 0.330 e. The van der Waals surface area contributed by atoms with Gasteiger partial charge in [-0.3, -0.25) is 0 Å². The number of hydrogen-bond acceptors (Lipinski definition) is 4. The van der Waals surface area contributed by atoms with E-state index in [9.17, 15) is 4.79 Å². The van der Waals surface area contributed by atoms with E-state index >= 15 is 0 Å². The van der Waals surface area contributed by atoms with Crippen molar-refractivity contribution in [3.63, 3.8) is 0 Å². The summed E-state index contributed by atoms with van der Waals surface area (Å²) in [6.45, 7) is 3.63. The van der Waals surface area contributed by atoms with Crippen molar-refractivity contribution in [3.8, 4) is 0 Å². The Hall–Kier alpha value is -1.13. The van der Waals surface area contributed by atoms with Crippen molar-refractivity contribution in [2.45, 2.75) is 38.4 Å². The van der Waals surface area contributed by atoms with Crippen LogP contribution in [0.4, 0.5) is 0 Å². The van der Waals surface area contributed by atoms with E-state index in [2.05, 4.69) is 0 Å². The molecular weight excluding hydrogens is 232 g/mol. The van der Waals surface area contributed by atoms with Gasteiger partial charge in [0, 0.05) is 18.9 Å². The topological polar surface area (TPSA) is 44.8 Å². The normalized spacial score (nSPS) is 22.6. The fourth-order valence-electron chi connectivity index (χ4n) is 2.36. The van der Waals surface area contributed by atoms with Gasteiger partial charge in [0.15, 0.2) is 5.79 Å². The first kappa shape index (κ1) is 13.3. The van der Waals surface area contributed by atoms with Gasteiger partial charge in [0.05, 0.1) is 19.8 Å². The highest BCUT2D eigenvalue weighted by molar-refractivity contribution is 5.82. The highest BCUT2D eigenvalue weighted by Crippen LogP contribution is 2.37. The SMILES string of the molecule is CCOC(=O)/C=C/C=C1CCC2(CC1)OCCO2. The minimum absolute atomic E-state index is 0.288. The van der Waals surface area contributed by atoms with E-state index in [1.165, 1.54) is 11.6 Å². The highest BCUT2D eigenvalue weighted by atomic mass is 16.7. The number of rotatable bonds is 3. The van der Waals surface area contributed by atoms with Gasteiger partial charge in [-0.05, 0) is 19.8 Å². The molecule has 4 heteroatoms. The number of carbonyl (C=O) groups excluding carboxylic acids is 1. The van der Waals surface area contributed by atoms with Crippen LogP contribution in [0.25, 0.3) is 0 Å². The monoisotopic (exact) mass is 252 g/mol. The standard InChI is InChI=1S/C14H20O4/c1-2-16-13(15)5-3-4-12-6-8-14(9-7-12)17-10-11-18-14/h3-5H,2,6-11H2,1H3/b5-3+. The zero-order valence-electron chi connectivity index (χ0n) is 10.8. The predicted molar refractivity (Wildman–Crippen MR) is 67.0 cm³/mol. The molecule has 1 saturated heterocycles. The molecule has 4 nitrogen and oxygen atoms in total. The Morgan fingerprint density at radius 3 is 2.61 bits per heavy atom.